The summed E-state index contributed by atoms with van der Waals surface area (Å²) in [5, 5.41) is 0. The van der Waals surface area contributed by atoms with Crippen molar-refractivity contribution in [3.63, 3.8) is 0 Å². The topological polar surface area (TPSA) is 35.2 Å². The average Bonchev–Trinajstić information content (AvgIpc) is 2.48. The Morgan fingerprint density at radius 1 is 1.05 bits per heavy atom. The third-order valence-corrected chi connectivity index (χ3v) is 3.70. The molecular formula is C17H20BrNO. The fraction of sp³-hybridized carbons (Fsp3) is 0.294. The zero-order chi connectivity index (χ0) is 14.2. The van der Waals surface area contributed by atoms with Gasteiger partial charge in [-0.15, -0.1) is 0 Å². The number of hydrogen-bond donors (Lipinski definition) is 1. The van der Waals surface area contributed by atoms with Crippen molar-refractivity contribution in [2.45, 2.75) is 18.9 Å². The zero-order valence-corrected chi connectivity index (χ0v) is 13.1. The Hall–Kier alpha value is -1.16. The lowest BCUT2D eigenvalue weighted by Crippen LogP contribution is -2.16. The summed E-state index contributed by atoms with van der Waals surface area (Å²) >= 11 is 3.48. The quantitative estimate of drug-likeness (QED) is 0.774. The summed E-state index contributed by atoms with van der Waals surface area (Å²) in [5.74, 6) is 0. The van der Waals surface area contributed by atoms with Crippen molar-refractivity contribution >= 4 is 15.9 Å². The van der Waals surface area contributed by atoms with Gasteiger partial charge in [-0.05, 0) is 36.1 Å². The Morgan fingerprint density at radius 3 is 2.55 bits per heavy atom. The molecule has 0 aliphatic heterocycles. The summed E-state index contributed by atoms with van der Waals surface area (Å²) in [6.07, 6.45) is 2.02. The Balaban J connectivity index is 1.80. The van der Waals surface area contributed by atoms with E-state index in [-0.39, 0.29) is 6.10 Å². The highest BCUT2D eigenvalue weighted by molar-refractivity contribution is 9.10. The molecule has 0 bridgehead atoms. The van der Waals surface area contributed by atoms with Crippen LogP contribution in [0, 0.1) is 0 Å². The van der Waals surface area contributed by atoms with Crippen molar-refractivity contribution < 1.29 is 4.74 Å². The lowest BCUT2D eigenvalue weighted by Gasteiger charge is -2.16. The SMILES string of the molecule is NCC(OCCCc1ccccc1)c1cccc(Br)c1. The molecule has 0 saturated carbocycles. The van der Waals surface area contributed by atoms with Crippen molar-refractivity contribution in [3.05, 3.63) is 70.2 Å². The van der Waals surface area contributed by atoms with Gasteiger partial charge in [0.25, 0.3) is 0 Å². The second-order valence-electron chi connectivity index (χ2n) is 4.74. The summed E-state index contributed by atoms with van der Waals surface area (Å²) in [5.41, 5.74) is 8.28. The molecule has 0 radical (unpaired) electrons. The third kappa shape index (κ3) is 4.75. The number of hydrogen-bond acceptors (Lipinski definition) is 2. The number of aryl methyl sites for hydroxylation is 1. The molecule has 0 amide bonds. The van der Waals surface area contributed by atoms with E-state index in [1.165, 1.54) is 5.56 Å². The lowest BCUT2D eigenvalue weighted by molar-refractivity contribution is 0.0570. The van der Waals surface area contributed by atoms with Crippen LogP contribution in [0.2, 0.25) is 0 Å². The molecule has 2 N–H and O–H groups in total. The molecule has 2 aromatic rings. The van der Waals surface area contributed by atoms with Gasteiger partial charge in [0.2, 0.25) is 0 Å². The van der Waals surface area contributed by atoms with Crippen LogP contribution in [0.3, 0.4) is 0 Å². The molecule has 0 saturated heterocycles. The molecule has 106 valence electrons. The normalized spacial score (nSPS) is 12.3. The van der Waals surface area contributed by atoms with E-state index in [2.05, 4.69) is 52.3 Å². The second-order valence-corrected chi connectivity index (χ2v) is 5.65. The minimum Gasteiger partial charge on any atom is -0.372 e. The Kier molecular flexibility index (Phi) is 6.25. The van der Waals surface area contributed by atoms with Crippen LogP contribution in [0.5, 0.6) is 0 Å². The summed E-state index contributed by atoms with van der Waals surface area (Å²) < 4.78 is 6.97. The molecule has 1 atom stereocenters. The molecule has 0 aliphatic carbocycles. The lowest BCUT2D eigenvalue weighted by atomic mass is 10.1. The minimum atomic E-state index is -0.0247. The minimum absolute atomic E-state index is 0.0247. The highest BCUT2D eigenvalue weighted by Crippen LogP contribution is 2.20. The van der Waals surface area contributed by atoms with Gasteiger partial charge in [-0.1, -0.05) is 58.4 Å². The largest absolute Gasteiger partial charge is 0.372 e. The van der Waals surface area contributed by atoms with Gasteiger partial charge < -0.3 is 10.5 Å². The Bertz CT molecular complexity index is 515. The number of rotatable bonds is 7. The van der Waals surface area contributed by atoms with Gasteiger partial charge in [-0.2, -0.15) is 0 Å². The molecule has 0 fully saturated rings. The highest BCUT2D eigenvalue weighted by atomic mass is 79.9. The molecule has 0 spiro atoms. The second kappa shape index (κ2) is 8.20. The van der Waals surface area contributed by atoms with Crippen LogP contribution >= 0.6 is 15.9 Å². The van der Waals surface area contributed by atoms with Crippen LogP contribution in [0.4, 0.5) is 0 Å². The maximum absolute atomic E-state index is 5.91. The number of ether oxygens (including phenoxy) is 1. The molecule has 20 heavy (non-hydrogen) atoms. The van der Waals surface area contributed by atoms with Crippen molar-refractivity contribution in [2.24, 2.45) is 5.73 Å². The predicted molar refractivity (Wildman–Crippen MR) is 86.7 cm³/mol. The van der Waals surface area contributed by atoms with Gasteiger partial charge in [0, 0.05) is 17.6 Å². The van der Waals surface area contributed by atoms with Gasteiger partial charge in [0.15, 0.2) is 0 Å². The van der Waals surface area contributed by atoms with Crippen LogP contribution in [-0.2, 0) is 11.2 Å². The van der Waals surface area contributed by atoms with E-state index in [0.717, 1.165) is 29.5 Å². The van der Waals surface area contributed by atoms with Gasteiger partial charge in [-0.25, -0.2) is 0 Å². The predicted octanol–water partition coefficient (Wildman–Crippen LogP) is 4.10. The maximum Gasteiger partial charge on any atom is 0.0947 e. The fourth-order valence-electron chi connectivity index (χ4n) is 2.15. The van der Waals surface area contributed by atoms with Crippen LogP contribution in [0.15, 0.2) is 59.1 Å². The summed E-state index contributed by atoms with van der Waals surface area (Å²) in [7, 11) is 0. The molecule has 2 aromatic carbocycles. The van der Waals surface area contributed by atoms with Crippen LogP contribution < -0.4 is 5.73 Å². The molecule has 0 heterocycles. The van der Waals surface area contributed by atoms with Crippen molar-refractivity contribution in [2.75, 3.05) is 13.2 Å². The van der Waals surface area contributed by atoms with Crippen LogP contribution in [0.25, 0.3) is 0 Å². The fourth-order valence-corrected chi connectivity index (χ4v) is 2.57. The first-order valence-electron chi connectivity index (χ1n) is 6.90. The maximum atomic E-state index is 5.91. The van der Waals surface area contributed by atoms with Gasteiger partial charge in [0.05, 0.1) is 6.10 Å². The molecule has 0 aliphatic rings. The van der Waals surface area contributed by atoms with E-state index >= 15 is 0 Å². The first kappa shape index (κ1) is 15.2. The smallest absolute Gasteiger partial charge is 0.0947 e. The van der Waals surface area contributed by atoms with Crippen molar-refractivity contribution in [3.8, 4) is 0 Å². The van der Waals surface area contributed by atoms with Crippen molar-refractivity contribution in [1.29, 1.82) is 0 Å². The molecular weight excluding hydrogens is 314 g/mol. The van der Waals surface area contributed by atoms with Gasteiger partial charge in [-0.3, -0.25) is 0 Å². The van der Waals surface area contributed by atoms with E-state index in [9.17, 15) is 0 Å². The first-order valence-corrected chi connectivity index (χ1v) is 7.70. The number of nitrogens with two attached hydrogens (primary N) is 1. The van der Waals surface area contributed by atoms with E-state index in [4.69, 9.17) is 10.5 Å². The molecule has 0 aromatic heterocycles. The summed E-state index contributed by atoms with van der Waals surface area (Å²) in [4.78, 5) is 0. The summed E-state index contributed by atoms with van der Waals surface area (Å²) in [6, 6.07) is 18.6. The van der Waals surface area contributed by atoms with E-state index in [1.54, 1.807) is 0 Å². The molecule has 1 unspecified atom stereocenters. The standard InChI is InChI=1S/C17H20BrNO/c18-16-10-4-9-15(12-16)17(13-19)20-11-5-8-14-6-2-1-3-7-14/h1-4,6-7,9-10,12,17H,5,8,11,13,19H2. The Morgan fingerprint density at radius 2 is 1.85 bits per heavy atom. The number of halogens is 1. The highest BCUT2D eigenvalue weighted by Gasteiger charge is 2.09. The monoisotopic (exact) mass is 333 g/mol. The van der Waals surface area contributed by atoms with E-state index < -0.39 is 0 Å². The average molecular weight is 334 g/mol. The van der Waals surface area contributed by atoms with Gasteiger partial charge >= 0.3 is 0 Å². The first-order chi connectivity index (χ1) is 9.79. The molecule has 2 nitrogen and oxygen atoms in total. The zero-order valence-electron chi connectivity index (χ0n) is 11.5. The Labute approximate surface area is 129 Å². The van der Waals surface area contributed by atoms with E-state index in [0.29, 0.717) is 6.54 Å². The van der Waals surface area contributed by atoms with Crippen molar-refractivity contribution in [1.82, 2.24) is 0 Å². The summed E-state index contributed by atoms with van der Waals surface area (Å²) in [6.45, 7) is 1.23. The van der Waals surface area contributed by atoms with E-state index in [1.807, 2.05) is 18.2 Å². The number of benzene rings is 2. The molecule has 2 rings (SSSR count). The van der Waals surface area contributed by atoms with Crippen LogP contribution in [-0.4, -0.2) is 13.2 Å². The third-order valence-electron chi connectivity index (χ3n) is 3.21. The van der Waals surface area contributed by atoms with Gasteiger partial charge in [0.1, 0.15) is 0 Å². The molecule has 3 heteroatoms. The van der Waals surface area contributed by atoms with Crippen LogP contribution in [0.1, 0.15) is 23.7 Å².